The molecule has 5 heteroatoms. The molecule has 5 nitrogen and oxygen atoms in total. The summed E-state index contributed by atoms with van der Waals surface area (Å²) in [6, 6.07) is 0.839. The largest absolute Gasteiger partial charge is 0.382 e. The van der Waals surface area contributed by atoms with Crippen molar-refractivity contribution in [3.8, 4) is 0 Å². The van der Waals surface area contributed by atoms with Gasteiger partial charge in [-0.25, -0.2) is 0 Å². The fourth-order valence-corrected chi connectivity index (χ4v) is 3.99. The van der Waals surface area contributed by atoms with Crippen LogP contribution in [0.1, 0.15) is 65.7 Å². The fourth-order valence-electron chi connectivity index (χ4n) is 3.99. The molecule has 0 unspecified atom stereocenters. The fraction of sp³-hybridized carbons (Fsp3) is 0.950. The normalized spacial score (nSPS) is 20.2. The average molecular weight is 353 g/mol. The highest BCUT2D eigenvalue weighted by Gasteiger charge is 2.33. The highest BCUT2D eigenvalue weighted by molar-refractivity contribution is 5.79. The molecule has 2 N–H and O–H groups in total. The second kappa shape index (κ2) is 11.0. The third kappa shape index (κ3) is 7.14. The van der Waals surface area contributed by atoms with Gasteiger partial charge in [0, 0.05) is 45.4 Å². The second-order valence-corrected chi connectivity index (χ2v) is 7.64. The minimum atomic E-state index is 0.362. The van der Waals surface area contributed by atoms with Gasteiger partial charge in [0.1, 0.15) is 0 Å². The van der Waals surface area contributed by atoms with Gasteiger partial charge in [-0.2, -0.15) is 0 Å². The Hall–Kier alpha value is -0.810. The molecule has 0 amide bonds. The van der Waals surface area contributed by atoms with Gasteiger partial charge < -0.3 is 15.4 Å². The number of nitrogens with zero attached hydrogens (tertiary/aromatic N) is 2. The zero-order valence-electron chi connectivity index (χ0n) is 16.8. The summed E-state index contributed by atoms with van der Waals surface area (Å²) in [5.74, 6) is 0.983. The van der Waals surface area contributed by atoms with Gasteiger partial charge in [-0.15, -0.1) is 0 Å². The van der Waals surface area contributed by atoms with E-state index >= 15 is 0 Å². The lowest BCUT2D eigenvalue weighted by atomic mass is 9.83. The molecule has 2 aliphatic rings. The molecule has 2 fully saturated rings. The highest BCUT2D eigenvalue weighted by atomic mass is 16.5. The first kappa shape index (κ1) is 20.5. The molecule has 0 aromatic carbocycles. The molecule has 0 aliphatic heterocycles. The van der Waals surface area contributed by atoms with E-state index in [1.165, 1.54) is 38.5 Å². The van der Waals surface area contributed by atoms with E-state index in [1.54, 1.807) is 0 Å². The van der Waals surface area contributed by atoms with E-state index in [2.05, 4.69) is 36.3 Å². The van der Waals surface area contributed by atoms with Gasteiger partial charge in [-0.3, -0.25) is 9.89 Å². The number of nitrogens with one attached hydrogen (secondary N) is 2. The summed E-state index contributed by atoms with van der Waals surface area (Å²) in [6.45, 7) is 13.3. The Balaban J connectivity index is 1.81. The van der Waals surface area contributed by atoms with Crippen LogP contribution < -0.4 is 10.6 Å². The van der Waals surface area contributed by atoms with Gasteiger partial charge >= 0.3 is 0 Å². The van der Waals surface area contributed by atoms with E-state index in [0.29, 0.717) is 5.41 Å². The lowest BCUT2D eigenvalue weighted by Crippen LogP contribution is -2.42. The highest BCUT2D eigenvalue weighted by Crippen LogP contribution is 2.41. The summed E-state index contributed by atoms with van der Waals surface area (Å²) in [5.41, 5.74) is 0.362. The summed E-state index contributed by atoms with van der Waals surface area (Å²) >= 11 is 0. The number of aliphatic imine (C=N–C) groups is 1. The summed E-state index contributed by atoms with van der Waals surface area (Å²) in [6.07, 6.45) is 9.20. The van der Waals surface area contributed by atoms with Crippen molar-refractivity contribution in [3.05, 3.63) is 0 Å². The maximum absolute atomic E-state index is 5.62. The molecule has 0 spiro atoms. The van der Waals surface area contributed by atoms with Crippen molar-refractivity contribution in [2.75, 3.05) is 45.9 Å². The van der Waals surface area contributed by atoms with Crippen LogP contribution >= 0.6 is 0 Å². The van der Waals surface area contributed by atoms with Crippen LogP contribution in [0.15, 0.2) is 4.99 Å². The van der Waals surface area contributed by atoms with E-state index in [-0.39, 0.29) is 0 Å². The predicted molar refractivity (Wildman–Crippen MR) is 106 cm³/mol. The van der Waals surface area contributed by atoms with Crippen LogP contribution in [0.3, 0.4) is 0 Å². The maximum atomic E-state index is 5.62. The van der Waals surface area contributed by atoms with E-state index in [4.69, 9.17) is 9.73 Å². The summed E-state index contributed by atoms with van der Waals surface area (Å²) in [5, 5.41) is 6.96. The number of likely N-dealkylation sites (N-methyl/N-ethyl adjacent to an activating group) is 1. The van der Waals surface area contributed by atoms with Crippen LogP contribution in [0.2, 0.25) is 0 Å². The number of hydrogen-bond acceptors (Lipinski definition) is 3. The smallest absolute Gasteiger partial charge is 0.191 e. The van der Waals surface area contributed by atoms with Crippen molar-refractivity contribution in [2.45, 2.75) is 71.8 Å². The van der Waals surface area contributed by atoms with E-state index in [0.717, 1.165) is 64.4 Å². The predicted octanol–water partition coefficient (Wildman–Crippen LogP) is 3.01. The van der Waals surface area contributed by atoms with Gasteiger partial charge in [0.15, 0.2) is 5.96 Å². The molecule has 0 bridgehead atoms. The lowest BCUT2D eigenvalue weighted by Gasteiger charge is -2.27. The van der Waals surface area contributed by atoms with Crippen LogP contribution in [-0.4, -0.2) is 62.8 Å². The zero-order chi connectivity index (χ0) is 18.0. The van der Waals surface area contributed by atoms with Crippen LogP contribution in [0.25, 0.3) is 0 Å². The molecule has 0 aromatic heterocycles. The van der Waals surface area contributed by atoms with Crippen molar-refractivity contribution in [1.82, 2.24) is 15.5 Å². The minimum Gasteiger partial charge on any atom is -0.382 e. The molecular weight excluding hydrogens is 312 g/mol. The Bertz CT molecular complexity index is 389. The van der Waals surface area contributed by atoms with Crippen molar-refractivity contribution in [1.29, 1.82) is 0 Å². The molecule has 2 rings (SSSR count). The van der Waals surface area contributed by atoms with Crippen molar-refractivity contribution in [2.24, 2.45) is 10.4 Å². The van der Waals surface area contributed by atoms with Gasteiger partial charge in [-0.05, 0) is 57.9 Å². The summed E-state index contributed by atoms with van der Waals surface area (Å²) in [4.78, 5) is 7.53. The molecule has 146 valence electrons. The Morgan fingerprint density at radius 2 is 1.92 bits per heavy atom. The first-order chi connectivity index (χ1) is 12.2. The first-order valence-corrected chi connectivity index (χ1v) is 10.6. The van der Waals surface area contributed by atoms with Crippen molar-refractivity contribution >= 4 is 5.96 Å². The van der Waals surface area contributed by atoms with E-state index in [9.17, 15) is 0 Å². The molecule has 0 saturated heterocycles. The zero-order valence-corrected chi connectivity index (χ0v) is 16.8. The SMILES string of the molecule is CCNC(=NCC1(CCOCC)CCCC1)NCCN(CC)C1CC1. The van der Waals surface area contributed by atoms with Crippen LogP contribution in [0.5, 0.6) is 0 Å². The molecule has 25 heavy (non-hydrogen) atoms. The maximum Gasteiger partial charge on any atom is 0.191 e. The summed E-state index contributed by atoms with van der Waals surface area (Å²) < 4.78 is 5.62. The number of hydrogen-bond donors (Lipinski definition) is 2. The molecule has 0 atom stereocenters. The van der Waals surface area contributed by atoms with Crippen LogP contribution in [0.4, 0.5) is 0 Å². The number of guanidine groups is 1. The van der Waals surface area contributed by atoms with E-state index in [1.807, 2.05) is 0 Å². The van der Waals surface area contributed by atoms with Gasteiger partial charge in [0.2, 0.25) is 0 Å². The monoisotopic (exact) mass is 352 g/mol. The van der Waals surface area contributed by atoms with Gasteiger partial charge in [0.25, 0.3) is 0 Å². The summed E-state index contributed by atoms with van der Waals surface area (Å²) in [7, 11) is 0. The lowest BCUT2D eigenvalue weighted by molar-refractivity contribution is 0.107. The first-order valence-electron chi connectivity index (χ1n) is 10.6. The Morgan fingerprint density at radius 1 is 1.16 bits per heavy atom. The average Bonchev–Trinajstić information content (AvgIpc) is 3.36. The van der Waals surface area contributed by atoms with Gasteiger partial charge in [0.05, 0.1) is 0 Å². The van der Waals surface area contributed by atoms with Crippen molar-refractivity contribution < 1.29 is 4.74 Å². The molecule has 2 saturated carbocycles. The molecule has 0 heterocycles. The Morgan fingerprint density at radius 3 is 2.52 bits per heavy atom. The number of rotatable bonds is 12. The van der Waals surface area contributed by atoms with Crippen LogP contribution in [0, 0.1) is 5.41 Å². The third-order valence-electron chi connectivity index (χ3n) is 5.72. The third-order valence-corrected chi connectivity index (χ3v) is 5.72. The minimum absolute atomic E-state index is 0.362. The van der Waals surface area contributed by atoms with Crippen LogP contribution in [-0.2, 0) is 4.74 Å². The Kier molecular flexibility index (Phi) is 9.04. The topological polar surface area (TPSA) is 48.9 Å². The quantitative estimate of drug-likeness (QED) is 0.322. The molecule has 0 aromatic rings. The second-order valence-electron chi connectivity index (χ2n) is 7.64. The number of ether oxygens (including phenoxy) is 1. The molecule has 2 aliphatic carbocycles. The Labute approximate surface area is 155 Å². The van der Waals surface area contributed by atoms with Gasteiger partial charge in [-0.1, -0.05) is 19.8 Å². The van der Waals surface area contributed by atoms with Crippen molar-refractivity contribution in [3.63, 3.8) is 0 Å². The molecular formula is C20H40N4O. The standard InChI is InChI=1S/C20H40N4O/c1-4-21-19(22-14-15-24(5-2)18-9-10-18)23-17-20(11-7-8-12-20)13-16-25-6-3/h18H,4-17H2,1-3H3,(H2,21,22,23). The van der Waals surface area contributed by atoms with E-state index < -0.39 is 0 Å². The molecule has 0 radical (unpaired) electrons.